The monoisotopic (exact) mass is 1010 g/mol. The van der Waals surface area contributed by atoms with E-state index in [9.17, 15) is 14.4 Å². The number of allylic oxidation sites excluding steroid dienone is 8. The SMILES string of the molecule is CCCCCCC/C=C\C/C=C\C/C=C\CCCCCCCCCCCCCCCCCCC(=O)OCC(COC(=O)CCCCCCCCC)OC(=O)CCCCCCC/C=C\CCCCCCCCC. The van der Waals surface area contributed by atoms with E-state index in [0.717, 1.165) is 77.0 Å². The molecule has 6 heteroatoms. The lowest BCUT2D eigenvalue weighted by molar-refractivity contribution is -0.167. The average molecular weight is 1010 g/mol. The normalized spacial score (nSPS) is 12.3. The second-order valence-electron chi connectivity index (χ2n) is 21.3. The van der Waals surface area contributed by atoms with Crippen molar-refractivity contribution < 1.29 is 28.6 Å². The average Bonchev–Trinajstić information content (AvgIpc) is 3.38. The minimum absolute atomic E-state index is 0.0728. The molecule has 0 saturated heterocycles. The van der Waals surface area contributed by atoms with Gasteiger partial charge in [0.15, 0.2) is 6.10 Å². The van der Waals surface area contributed by atoms with Gasteiger partial charge in [-0.25, -0.2) is 0 Å². The number of carbonyl (C=O) groups is 3. The Morgan fingerprint density at radius 1 is 0.278 bits per heavy atom. The largest absolute Gasteiger partial charge is 0.462 e. The molecule has 0 rings (SSSR count). The van der Waals surface area contributed by atoms with Gasteiger partial charge in [0.2, 0.25) is 0 Å². The molecule has 0 bridgehead atoms. The van der Waals surface area contributed by atoms with E-state index in [1.165, 1.54) is 218 Å². The Kier molecular flexibility index (Phi) is 58.7. The van der Waals surface area contributed by atoms with Crippen molar-refractivity contribution in [2.24, 2.45) is 0 Å². The second-order valence-corrected chi connectivity index (χ2v) is 21.3. The van der Waals surface area contributed by atoms with Crippen LogP contribution in [-0.4, -0.2) is 37.2 Å². The molecule has 0 aliphatic heterocycles. The van der Waals surface area contributed by atoms with Gasteiger partial charge < -0.3 is 14.2 Å². The van der Waals surface area contributed by atoms with Crippen LogP contribution >= 0.6 is 0 Å². The van der Waals surface area contributed by atoms with Gasteiger partial charge in [0.05, 0.1) is 0 Å². The summed E-state index contributed by atoms with van der Waals surface area (Å²) in [6.45, 7) is 6.61. The Balaban J connectivity index is 4.03. The molecule has 6 nitrogen and oxygen atoms in total. The lowest BCUT2D eigenvalue weighted by atomic mass is 10.0. The van der Waals surface area contributed by atoms with Gasteiger partial charge >= 0.3 is 17.9 Å². The minimum Gasteiger partial charge on any atom is -0.462 e. The van der Waals surface area contributed by atoms with Gasteiger partial charge in [-0.15, -0.1) is 0 Å². The molecule has 0 aromatic carbocycles. The van der Waals surface area contributed by atoms with E-state index in [2.05, 4.69) is 69.4 Å². The summed E-state index contributed by atoms with van der Waals surface area (Å²) in [7, 11) is 0. The van der Waals surface area contributed by atoms with Gasteiger partial charge in [0, 0.05) is 19.3 Å². The first-order chi connectivity index (χ1) is 35.5. The van der Waals surface area contributed by atoms with Gasteiger partial charge in [-0.3, -0.25) is 14.4 Å². The van der Waals surface area contributed by atoms with Crippen LogP contribution in [-0.2, 0) is 28.6 Å². The van der Waals surface area contributed by atoms with Gasteiger partial charge in [-0.05, 0) is 83.5 Å². The molecule has 1 unspecified atom stereocenters. The zero-order valence-corrected chi connectivity index (χ0v) is 48.2. The lowest BCUT2D eigenvalue weighted by Crippen LogP contribution is -2.30. The van der Waals surface area contributed by atoms with Crippen LogP contribution in [0.3, 0.4) is 0 Å². The van der Waals surface area contributed by atoms with Gasteiger partial charge in [-0.2, -0.15) is 0 Å². The van der Waals surface area contributed by atoms with Gasteiger partial charge in [0.25, 0.3) is 0 Å². The fourth-order valence-electron chi connectivity index (χ4n) is 9.27. The molecule has 1 atom stereocenters. The van der Waals surface area contributed by atoms with Crippen molar-refractivity contribution in [1.29, 1.82) is 0 Å². The molecule has 0 aromatic heterocycles. The number of hydrogen-bond acceptors (Lipinski definition) is 6. The highest BCUT2D eigenvalue weighted by Crippen LogP contribution is 2.17. The van der Waals surface area contributed by atoms with Crippen LogP contribution in [0.15, 0.2) is 48.6 Å². The Morgan fingerprint density at radius 2 is 0.500 bits per heavy atom. The Bertz CT molecular complexity index is 1250. The molecule has 0 aliphatic carbocycles. The zero-order chi connectivity index (χ0) is 52.2. The summed E-state index contributed by atoms with van der Waals surface area (Å²) in [6, 6.07) is 0. The maximum atomic E-state index is 12.8. The molecule has 0 radical (unpaired) electrons. The van der Waals surface area contributed by atoms with Crippen LogP contribution in [0.25, 0.3) is 0 Å². The van der Waals surface area contributed by atoms with Crippen molar-refractivity contribution in [2.75, 3.05) is 13.2 Å². The first-order valence-electron chi connectivity index (χ1n) is 31.6. The third-order valence-corrected chi connectivity index (χ3v) is 14.1. The molecule has 420 valence electrons. The molecule has 0 saturated carbocycles. The van der Waals surface area contributed by atoms with Crippen LogP contribution in [0.5, 0.6) is 0 Å². The maximum Gasteiger partial charge on any atom is 0.306 e. The minimum atomic E-state index is -0.772. The van der Waals surface area contributed by atoms with Crippen LogP contribution in [0, 0.1) is 0 Å². The Morgan fingerprint density at radius 3 is 0.792 bits per heavy atom. The highest BCUT2D eigenvalue weighted by atomic mass is 16.6. The molecule has 0 spiro atoms. The number of carbonyl (C=O) groups excluding carboxylic acids is 3. The summed E-state index contributed by atoms with van der Waals surface area (Å²) < 4.78 is 16.8. The fraction of sp³-hybridized carbons (Fsp3) is 0.833. The van der Waals surface area contributed by atoms with Crippen molar-refractivity contribution in [1.82, 2.24) is 0 Å². The molecule has 0 amide bonds. The standard InChI is InChI=1S/C66H120O6/c1-4-7-10-13-16-18-20-22-24-26-27-28-29-30-31-32-33-34-35-36-37-38-39-40-42-43-45-47-50-53-56-59-65(68)71-62-63(61-70-64(67)58-55-52-49-15-12-9-6-3)72-66(69)60-57-54-51-48-46-44-41-25-23-21-19-17-14-11-8-5-2/h20,22,25-27,29-30,41,63H,4-19,21,23-24,28,31-40,42-62H2,1-3H3/b22-20-,27-26-,30-29-,41-25-. The van der Waals surface area contributed by atoms with Crippen LogP contribution in [0.2, 0.25) is 0 Å². The molecule has 0 N–H and O–H groups in total. The van der Waals surface area contributed by atoms with E-state index in [1.54, 1.807) is 0 Å². The van der Waals surface area contributed by atoms with Crippen molar-refractivity contribution >= 4 is 17.9 Å². The first-order valence-corrected chi connectivity index (χ1v) is 31.6. The Hall–Kier alpha value is -2.63. The first kappa shape index (κ1) is 69.4. The predicted molar refractivity (Wildman–Crippen MR) is 312 cm³/mol. The second kappa shape index (κ2) is 60.9. The summed E-state index contributed by atoms with van der Waals surface area (Å²) in [5.41, 5.74) is 0. The number of ether oxygens (including phenoxy) is 3. The molecular formula is C66H120O6. The van der Waals surface area contributed by atoms with E-state index >= 15 is 0 Å². The molecule has 72 heavy (non-hydrogen) atoms. The lowest BCUT2D eigenvalue weighted by Gasteiger charge is -2.18. The van der Waals surface area contributed by atoms with Crippen molar-refractivity contribution in [3.63, 3.8) is 0 Å². The molecule has 0 fully saturated rings. The smallest absolute Gasteiger partial charge is 0.306 e. The predicted octanol–water partition coefficient (Wildman–Crippen LogP) is 21.4. The number of unbranched alkanes of at least 4 members (excludes halogenated alkanes) is 39. The summed E-state index contributed by atoms with van der Waals surface area (Å²) >= 11 is 0. The third kappa shape index (κ3) is 58.3. The van der Waals surface area contributed by atoms with Crippen molar-refractivity contribution in [2.45, 2.75) is 341 Å². The molecule has 0 heterocycles. The zero-order valence-electron chi connectivity index (χ0n) is 48.2. The van der Waals surface area contributed by atoms with Crippen LogP contribution in [0.1, 0.15) is 335 Å². The quantitative estimate of drug-likeness (QED) is 0.0261. The van der Waals surface area contributed by atoms with E-state index in [-0.39, 0.29) is 31.1 Å². The summed E-state index contributed by atoms with van der Waals surface area (Å²) in [5.74, 6) is -0.872. The highest BCUT2D eigenvalue weighted by Gasteiger charge is 2.19. The summed E-state index contributed by atoms with van der Waals surface area (Å²) in [5, 5.41) is 0. The maximum absolute atomic E-state index is 12.8. The summed E-state index contributed by atoms with van der Waals surface area (Å²) in [4.78, 5) is 38.0. The van der Waals surface area contributed by atoms with E-state index in [0.29, 0.717) is 19.3 Å². The number of esters is 3. The van der Waals surface area contributed by atoms with Crippen molar-refractivity contribution in [3.05, 3.63) is 48.6 Å². The number of hydrogen-bond donors (Lipinski definition) is 0. The number of rotatable bonds is 58. The molecule has 0 aromatic rings. The third-order valence-electron chi connectivity index (χ3n) is 14.1. The topological polar surface area (TPSA) is 78.9 Å². The van der Waals surface area contributed by atoms with Crippen LogP contribution in [0.4, 0.5) is 0 Å². The highest BCUT2D eigenvalue weighted by molar-refractivity contribution is 5.71. The fourth-order valence-corrected chi connectivity index (χ4v) is 9.27. The van der Waals surface area contributed by atoms with Crippen molar-refractivity contribution in [3.8, 4) is 0 Å². The van der Waals surface area contributed by atoms with Crippen LogP contribution < -0.4 is 0 Å². The van der Waals surface area contributed by atoms with E-state index in [1.807, 2.05) is 0 Å². The molecular weight excluding hydrogens is 889 g/mol. The van der Waals surface area contributed by atoms with E-state index < -0.39 is 6.10 Å². The molecule has 0 aliphatic rings. The van der Waals surface area contributed by atoms with Gasteiger partial charge in [0.1, 0.15) is 13.2 Å². The Labute approximate surface area is 448 Å². The van der Waals surface area contributed by atoms with E-state index in [4.69, 9.17) is 14.2 Å². The van der Waals surface area contributed by atoms with Gasteiger partial charge in [-0.1, -0.05) is 281 Å². The summed E-state index contributed by atoms with van der Waals surface area (Å²) in [6.07, 6.45) is 75.8.